The molecule has 200 valence electrons. The van der Waals surface area contributed by atoms with Gasteiger partial charge in [0.15, 0.2) is 6.61 Å². The van der Waals surface area contributed by atoms with E-state index in [1.54, 1.807) is 35.2 Å². The molecular formula is C30H31BrCl2N2O3. The van der Waals surface area contributed by atoms with Gasteiger partial charge in [0.2, 0.25) is 5.91 Å². The molecule has 0 aromatic heterocycles. The first-order valence-corrected chi connectivity index (χ1v) is 14.4. The van der Waals surface area contributed by atoms with Gasteiger partial charge in [-0.15, -0.1) is 0 Å². The zero-order valence-corrected chi connectivity index (χ0v) is 24.1. The van der Waals surface area contributed by atoms with E-state index in [0.717, 1.165) is 41.3 Å². The molecule has 1 N–H and O–H groups in total. The van der Waals surface area contributed by atoms with Gasteiger partial charge in [0, 0.05) is 28.5 Å². The number of nitrogens with zero attached hydrogens (tertiary/aromatic N) is 1. The Kier molecular flexibility index (Phi) is 10.5. The van der Waals surface area contributed by atoms with E-state index in [0.29, 0.717) is 22.2 Å². The number of hydrogen-bond acceptors (Lipinski definition) is 3. The minimum atomic E-state index is -0.716. The summed E-state index contributed by atoms with van der Waals surface area (Å²) in [5.41, 5.74) is 1.84. The fourth-order valence-corrected chi connectivity index (χ4v) is 5.55. The predicted molar refractivity (Wildman–Crippen MR) is 156 cm³/mol. The fraction of sp³-hybridized carbons (Fsp3) is 0.333. The molecule has 3 aromatic carbocycles. The summed E-state index contributed by atoms with van der Waals surface area (Å²) in [6.07, 6.45) is 5.70. The normalized spacial score (nSPS) is 14.5. The summed E-state index contributed by atoms with van der Waals surface area (Å²) >= 11 is 15.8. The molecule has 0 radical (unpaired) electrons. The lowest BCUT2D eigenvalue weighted by molar-refractivity contribution is -0.143. The molecule has 1 aliphatic rings. The zero-order valence-electron chi connectivity index (χ0n) is 21.0. The van der Waals surface area contributed by atoms with Crippen LogP contribution in [-0.4, -0.2) is 35.4 Å². The molecule has 0 saturated heterocycles. The van der Waals surface area contributed by atoms with Gasteiger partial charge in [0.25, 0.3) is 5.91 Å². The SMILES string of the molecule is O=C(NC1CCCCC1)C(Cc1ccccc1)N(Cc1ccc(Cl)cc1)C(=O)COc1ccc(Br)cc1Cl. The maximum Gasteiger partial charge on any atom is 0.261 e. The molecule has 1 unspecified atom stereocenters. The quantitative estimate of drug-likeness (QED) is 0.261. The molecule has 1 saturated carbocycles. The third-order valence-electron chi connectivity index (χ3n) is 6.73. The van der Waals surface area contributed by atoms with E-state index in [1.165, 1.54) is 6.42 Å². The molecule has 5 nitrogen and oxygen atoms in total. The average Bonchev–Trinajstić information content (AvgIpc) is 2.92. The van der Waals surface area contributed by atoms with Gasteiger partial charge in [-0.2, -0.15) is 0 Å². The van der Waals surface area contributed by atoms with Gasteiger partial charge >= 0.3 is 0 Å². The molecule has 1 fully saturated rings. The second kappa shape index (κ2) is 14.0. The van der Waals surface area contributed by atoms with E-state index >= 15 is 0 Å². The standard InChI is InChI=1S/C30H31BrCl2N2O3/c31-23-13-16-28(26(33)18-23)38-20-29(36)35(19-22-11-14-24(32)15-12-22)27(17-21-7-3-1-4-8-21)30(37)34-25-9-5-2-6-10-25/h1,3-4,7-8,11-16,18,25,27H,2,5-6,9-10,17,19-20H2,(H,34,37). The topological polar surface area (TPSA) is 58.6 Å². The molecule has 3 aromatic rings. The van der Waals surface area contributed by atoms with Crippen LogP contribution in [0.4, 0.5) is 0 Å². The lowest BCUT2D eigenvalue weighted by Crippen LogP contribution is -2.53. The van der Waals surface area contributed by atoms with Gasteiger partial charge in [-0.3, -0.25) is 9.59 Å². The molecular weight excluding hydrogens is 587 g/mol. The van der Waals surface area contributed by atoms with Crippen LogP contribution >= 0.6 is 39.1 Å². The molecule has 4 rings (SSSR count). The number of carbonyl (C=O) groups excluding carboxylic acids is 2. The van der Waals surface area contributed by atoms with Crippen molar-refractivity contribution in [3.8, 4) is 5.75 Å². The third kappa shape index (κ3) is 8.23. The number of rotatable bonds is 10. The predicted octanol–water partition coefficient (Wildman–Crippen LogP) is 7.22. The Bertz CT molecular complexity index is 1220. The molecule has 38 heavy (non-hydrogen) atoms. The Morgan fingerprint density at radius 2 is 1.66 bits per heavy atom. The molecule has 0 aliphatic heterocycles. The first-order valence-electron chi connectivity index (χ1n) is 12.8. The number of carbonyl (C=O) groups is 2. The smallest absolute Gasteiger partial charge is 0.261 e. The van der Waals surface area contributed by atoms with Crippen molar-refractivity contribution in [2.75, 3.05) is 6.61 Å². The summed E-state index contributed by atoms with van der Waals surface area (Å²) < 4.78 is 6.64. The number of benzene rings is 3. The van der Waals surface area contributed by atoms with Crippen molar-refractivity contribution in [2.24, 2.45) is 0 Å². The van der Waals surface area contributed by atoms with Crippen molar-refractivity contribution in [1.29, 1.82) is 0 Å². The van der Waals surface area contributed by atoms with Crippen LogP contribution in [0, 0.1) is 0 Å². The van der Waals surface area contributed by atoms with E-state index in [-0.39, 0.29) is 31.0 Å². The monoisotopic (exact) mass is 616 g/mol. The Morgan fingerprint density at radius 1 is 0.947 bits per heavy atom. The molecule has 2 amide bonds. The number of halogens is 3. The maximum atomic E-state index is 13.8. The van der Waals surface area contributed by atoms with Gasteiger partial charge in [0.05, 0.1) is 5.02 Å². The van der Waals surface area contributed by atoms with Crippen molar-refractivity contribution < 1.29 is 14.3 Å². The van der Waals surface area contributed by atoms with Crippen LogP contribution in [0.2, 0.25) is 10.0 Å². The lowest BCUT2D eigenvalue weighted by Gasteiger charge is -2.33. The highest BCUT2D eigenvalue weighted by molar-refractivity contribution is 9.10. The van der Waals surface area contributed by atoms with Crippen LogP contribution in [0.5, 0.6) is 5.75 Å². The van der Waals surface area contributed by atoms with Gasteiger partial charge in [0.1, 0.15) is 11.8 Å². The number of ether oxygens (including phenoxy) is 1. The van der Waals surface area contributed by atoms with E-state index in [2.05, 4.69) is 21.2 Å². The van der Waals surface area contributed by atoms with Crippen molar-refractivity contribution in [3.63, 3.8) is 0 Å². The second-order valence-corrected chi connectivity index (χ2v) is 11.3. The van der Waals surface area contributed by atoms with Crippen LogP contribution in [-0.2, 0) is 22.6 Å². The molecule has 0 heterocycles. The van der Waals surface area contributed by atoms with Gasteiger partial charge in [-0.25, -0.2) is 0 Å². The van der Waals surface area contributed by atoms with Crippen LogP contribution in [0.25, 0.3) is 0 Å². The van der Waals surface area contributed by atoms with Crippen LogP contribution in [0.1, 0.15) is 43.2 Å². The summed E-state index contributed by atoms with van der Waals surface area (Å²) in [6, 6.07) is 21.7. The summed E-state index contributed by atoms with van der Waals surface area (Å²) in [6.45, 7) is -0.0139. The summed E-state index contributed by atoms with van der Waals surface area (Å²) in [7, 11) is 0. The van der Waals surface area contributed by atoms with Crippen LogP contribution < -0.4 is 10.1 Å². The molecule has 1 aliphatic carbocycles. The Balaban J connectivity index is 1.61. The summed E-state index contributed by atoms with van der Waals surface area (Å²) in [4.78, 5) is 29.1. The first kappa shape index (κ1) is 28.5. The minimum absolute atomic E-state index is 0.125. The van der Waals surface area contributed by atoms with E-state index in [4.69, 9.17) is 27.9 Å². The van der Waals surface area contributed by atoms with Crippen molar-refractivity contribution in [1.82, 2.24) is 10.2 Å². The fourth-order valence-electron chi connectivity index (χ4n) is 4.70. The number of nitrogens with one attached hydrogen (secondary N) is 1. The van der Waals surface area contributed by atoms with Gasteiger partial charge in [-0.05, 0) is 54.3 Å². The first-order chi connectivity index (χ1) is 18.4. The van der Waals surface area contributed by atoms with Crippen molar-refractivity contribution >= 4 is 50.9 Å². The Morgan fingerprint density at radius 3 is 2.34 bits per heavy atom. The van der Waals surface area contributed by atoms with Crippen molar-refractivity contribution in [3.05, 3.63) is 98.4 Å². The molecule has 0 spiro atoms. The average molecular weight is 618 g/mol. The maximum absolute atomic E-state index is 13.8. The summed E-state index contributed by atoms with van der Waals surface area (Å²) in [5, 5.41) is 4.24. The highest BCUT2D eigenvalue weighted by Gasteiger charge is 2.32. The van der Waals surface area contributed by atoms with E-state index < -0.39 is 6.04 Å². The van der Waals surface area contributed by atoms with Crippen LogP contribution in [0.15, 0.2) is 77.3 Å². The Hall–Kier alpha value is -2.54. The second-order valence-electron chi connectivity index (χ2n) is 9.56. The lowest BCUT2D eigenvalue weighted by atomic mass is 9.94. The highest BCUT2D eigenvalue weighted by atomic mass is 79.9. The van der Waals surface area contributed by atoms with Crippen LogP contribution in [0.3, 0.4) is 0 Å². The van der Waals surface area contributed by atoms with E-state index in [9.17, 15) is 9.59 Å². The largest absolute Gasteiger partial charge is 0.482 e. The molecule has 0 bridgehead atoms. The number of amides is 2. The van der Waals surface area contributed by atoms with Gasteiger partial charge in [-0.1, -0.05) is 101 Å². The van der Waals surface area contributed by atoms with E-state index in [1.807, 2.05) is 42.5 Å². The summed E-state index contributed by atoms with van der Waals surface area (Å²) in [5.74, 6) is -0.0515. The molecule has 1 atom stereocenters. The minimum Gasteiger partial charge on any atom is -0.482 e. The Labute approximate surface area is 242 Å². The number of hydrogen-bond donors (Lipinski definition) is 1. The van der Waals surface area contributed by atoms with Crippen molar-refractivity contribution in [2.45, 2.75) is 57.2 Å². The highest BCUT2D eigenvalue weighted by Crippen LogP contribution is 2.28. The molecule has 8 heteroatoms. The third-order valence-corrected chi connectivity index (χ3v) is 7.77. The van der Waals surface area contributed by atoms with Gasteiger partial charge < -0.3 is 15.0 Å². The zero-order chi connectivity index (χ0) is 26.9.